The molecule has 37 heavy (non-hydrogen) atoms. The van der Waals surface area contributed by atoms with Crippen molar-refractivity contribution in [2.45, 2.75) is 58.2 Å². The first-order valence-electron chi connectivity index (χ1n) is 11.9. The smallest absolute Gasteiger partial charge is 0.419 e. The number of carbonyl (C=O) groups excluding carboxylic acids is 1. The van der Waals surface area contributed by atoms with E-state index < -0.39 is 17.7 Å². The van der Waals surface area contributed by atoms with E-state index in [4.69, 9.17) is 14.6 Å². The third kappa shape index (κ3) is 7.12. The number of benzene rings is 2. The average molecular weight is 519 g/mol. The number of alkyl halides is 3. The van der Waals surface area contributed by atoms with Gasteiger partial charge in [-0.25, -0.2) is 4.68 Å². The zero-order valence-electron chi connectivity index (χ0n) is 20.8. The van der Waals surface area contributed by atoms with Crippen LogP contribution in [0.15, 0.2) is 48.8 Å². The van der Waals surface area contributed by atoms with Crippen LogP contribution in [0.3, 0.4) is 0 Å². The summed E-state index contributed by atoms with van der Waals surface area (Å²) in [5, 5.41) is 12.6. The van der Waals surface area contributed by atoms with Gasteiger partial charge in [0.1, 0.15) is 23.3 Å². The predicted molar refractivity (Wildman–Crippen MR) is 130 cm³/mol. The molecule has 0 saturated carbocycles. The van der Waals surface area contributed by atoms with Gasteiger partial charge in [-0.1, -0.05) is 37.6 Å². The number of hydrogen-bond donors (Lipinski definition) is 1. The highest BCUT2D eigenvalue weighted by Gasteiger charge is 2.32. The molecule has 3 rings (SSSR count). The third-order valence-electron chi connectivity index (χ3n) is 5.83. The lowest BCUT2D eigenvalue weighted by molar-refractivity contribution is -0.138. The van der Waals surface area contributed by atoms with Gasteiger partial charge in [0.15, 0.2) is 5.78 Å². The summed E-state index contributed by atoms with van der Waals surface area (Å²) < 4.78 is 52.0. The normalized spacial score (nSPS) is 12.3. The highest BCUT2D eigenvalue weighted by molar-refractivity contribution is 5.96. The maximum absolute atomic E-state index is 13.0. The number of rotatable bonds is 12. The Morgan fingerprint density at radius 3 is 2.41 bits per heavy atom. The molecular weight excluding hydrogens is 489 g/mol. The van der Waals surface area contributed by atoms with Gasteiger partial charge in [0.05, 0.1) is 18.9 Å². The molecule has 198 valence electrons. The third-order valence-corrected chi connectivity index (χ3v) is 5.83. The second-order valence-electron chi connectivity index (χ2n) is 8.65. The number of ether oxygens (including phenoxy) is 2. The van der Waals surface area contributed by atoms with Crippen molar-refractivity contribution in [2.75, 3.05) is 7.11 Å². The fourth-order valence-electron chi connectivity index (χ4n) is 3.97. The lowest BCUT2D eigenvalue weighted by Gasteiger charge is -2.21. The number of hydrogen-bond acceptors (Lipinski definition) is 5. The van der Waals surface area contributed by atoms with Crippen molar-refractivity contribution in [1.82, 2.24) is 9.78 Å². The number of Topliss-reactive ketones (excluding diaryl/α,β-unsaturated/α-hetero) is 1. The summed E-state index contributed by atoms with van der Waals surface area (Å²) in [5.74, 6) is -0.264. The average Bonchev–Trinajstić information content (AvgIpc) is 3.33. The van der Waals surface area contributed by atoms with Crippen LogP contribution in [0.25, 0.3) is 5.69 Å². The first-order chi connectivity index (χ1) is 17.5. The number of aromatic nitrogens is 2. The van der Waals surface area contributed by atoms with E-state index in [9.17, 15) is 22.8 Å². The Labute approximate surface area is 212 Å². The fourth-order valence-corrected chi connectivity index (χ4v) is 3.97. The lowest BCUT2D eigenvalue weighted by atomic mass is 10.00. The van der Waals surface area contributed by atoms with Crippen LogP contribution in [0.2, 0.25) is 0 Å². The molecule has 0 saturated heterocycles. The van der Waals surface area contributed by atoms with Crippen molar-refractivity contribution in [3.8, 4) is 17.2 Å². The summed E-state index contributed by atoms with van der Waals surface area (Å²) in [4.78, 5) is 23.0. The Kier molecular flexibility index (Phi) is 8.96. The van der Waals surface area contributed by atoms with Crippen LogP contribution in [0, 0.1) is 6.92 Å². The number of aliphatic carboxylic acids is 1. The number of carbonyl (C=O) groups is 2. The van der Waals surface area contributed by atoms with E-state index >= 15 is 0 Å². The van der Waals surface area contributed by atoms with Gasteiger partial charge in [-0.2, -0.15) is 18.3 Å². The molecule has 0 aliphatic rings. The van der Waals surface area contributed by atoms with Crippen LogP contribution in [0.4, 0.5) is 13.2 Å². The van der Waals surface area contributed by atoms with Crippen molar-refractivity contribution in [3.05, 3.63) is 71.0 Å². The summed E-state index contributed by atoms with van der Waals surface area (Å²) >= 11 is 0. The minimum atomic E-state index is -4.51. The first-order valence-corrected chi connectivity index (χ1v) is 11.9. The van der Waals surface area contributed by atoms with Crippen molar-refractivity contribution in [2.24, 2.45) is 0 Å². The van der Waals surface area contributed by atoms with Gasteiger partial charge < -0.3 is 14.6 Å². The summed E-state index contributed by atoms with van der Waals surface area (Å²) in [7, 11) is 1.42. The van der Waals surface area contributed by atoms with Crippen molar-refractivity contribution in [3.63, 3.8) is 0 Å². The summed E-state index contributed by atoms with van der Waals surface area (Å²) in [5.41, 5.74) is 1.49. The van der Waals surface area contributed by atoms with E-state index in [0.29, 0.717) is 34.7 Å². The highest BCUT2D eigenvalue weighted by atomic mass is 19.4. The van der Waals surface area contributed by atoms with Gasteiger partial charge in [-0.15, -0.1) is 0 Å². The maximum Gasteiger partial charge on any atom is 0.419 e. The van der Waals surface area contributed by atoms with Crippen LogP contribution in [-0.4, -0.2) is 33.7 Å². The highest BCUT2D eigenvalue weighted by Crippen LogP contribution is 2.36. The molecular formula is C27H29F3N2O5. The van der Waals surface area contributed by atoms with Crippen LogP contribution < -0.4 is 9.47 Å². The van der Waals surface area contributed by atoms with E-state index in [1.165, 1.54) is 7.11 Å². The van der Waals surface area contributed by atoms with E-state index in [1.54, 1.807) is 31.2 Å². The topological polar surface area (TPSA) is 90.7 Å². The van der Waals surface area contributed by atoms with E-state index in [-0.39, 0.29) is 31.1 Å². The Hall–Kier alpha value is -3.82. The SMILES string of the molecule is CCCC(Oc1cc(C)c(-n2cc(C(F)(F)F)cn2)c(OC)c1)c1ccc(C(=O)CCCC(=O)O)cc1. The molecule has 0 aliphatic heterocycles. The number of methoxy groups -OCH3 is 1. The number of carboxylic acids is 1. The Bertz CT molecular complexity index is 1240. The zero-order valence-corrected chi connectivity index (χ0v) is 20.8. The molecule has 0 spiro atoms. The molecule has 0 radical (unpaired) electrons. The molecule has 0 amide bonds. The Balaban J connectivity index is 1.81. The van der Waals surface area contributed by atoms with Gasteiger partial charge >= 0.3 is 12.1 Å². The largest absolute Gasteiger partial charge is 0.494 e. The molecule has 2 aromatic carbocycles. The molecule has 0 fully saturated rings. The number of aryl methyl sites for hydroxylation is 1. The van der Waals surface area contributed by atoms with Gasteiger partial charge in [-0.05, 0) is 37.0 Å². The van der Waals surface area contributed by atoms with Crippen LogP contribution in [0.5, 0.6) is 11.5 Å². The molecule has 1 heterocycles. The fraction of sp³-hybridized carbons (Fsp3) is 0.370. The molecule has 0 bridgehead atoms. The maximum atomic E-state index is 13.0. The van der Waals surface area contributed by atoms with Gasteiger partial charge in [-0.3, -0.25) is 9.59 Å². The minimum absolute atomic E-state index is 0.0538. The van der Waals surface area contributed by atoms with Crippen molar-refractivity contribution < 1.29 is 37.3 Å². The molecule has 1 atom stereocenters. The van der Waals surface area contributed by atoms with Gasteiger partial charge in [0, 0.05) is 30.7 Å². The van der Waals surface area contributed by atoms with E-state index in [2.05, 4.69) is 5.10 Å². The standard InChI is InChI=1S/C27H29F3N2O5/c1-4-6-23(19-11-9-18(10-12-19)22(33)7-5-8-25(34)35)37-21-13-17(2)26(24(14-21)36-3)32-16-20(15-31-32)27(28,29)30/h9-16,23H,4-8H2,1-3H3,(H,34,35). The molecule has 1 unspecified atom stereocenters. The quantitative estimate of drug-likeness (QED) is 0.273. The van der Waals surface area contributed by atoms with Gasteiger partial charge in [0.2, 0.25) is 0 Å². The zero-order chi connectivity index (χ0) is 27.2. The summed E-state index contributed by atoms with van der Waals surface area (Å²) in [6.07, 6.45) is -1.27. The molecule has 1 aromatic heterocycles. The Morgan fingerprint density at radius 2 is 1.84 bits per heavy atom. The number of carboxylic acid groups (broad SMARTS) is 1. The van der Waals surface area contributed by atoms with Crippen LogP contribution in [0.1, 0.15) is 72.2 Å². The van der Waals surface area contributed by atoms with Crippen molar-refractivity contribution in [1.29, 1.82) is 0 Å². The molecule has 10 heteroatoms. The van der Waals surface area contributed by atoms with Crippen LogP contribution in [-0.2, 0) is 11.0 Å². The second kappa shape index (κ2) is 11.9. The number of halogens is 3. The first kappa shape index (κ1) is 27.8. The number of ketones is 1. The summed E-state index contributed by atoms with van der Waals surface area (Å²) in [6, 6.07) is 10.4. The molecule has 1 N–H and O–H groups in total. The monoisotopic (exact) mass is 518 g/mol. The molecule has 3 aromatic rings. The van der Waals surface area contributed by atoms with E-state index in [1.807, 2.05) is 19.1 Å². The Morgan fingerprint density at radius 1 is 1.14 bits per heavy atom. The minimum Gasteiger partial charge on any atom is -0.494 e. The van der Waals surface area contributed by atoms with E-state index in [0.717, 1.165) is 29.1 Å². The molecule has 7 nitrogen and oxygen atoms in total. The predicted octanol–water partition coefficient (Wildman–Crippen LogP) is 6.57. The number of nitrogens with zero attached hydrogens (tertiary/aromatic N) is 2. The summed E-state index contributed by atoms with van der Waals surface area (Å²) in [6.45, 7) is 3.75. The second-order valence-corrected chi connectivity index (χ2v) is 8.65. The van der Waals surface area contributed by atoms with Crippen molar-refractivity contribution >= 4 is 11.8 Å². The van der Waals surface area contributed by atoms with Crippen LogP contribution >= 0.6 is 0 Å². The van der Waals surface area contributed by atoms with Gasteiger partial charge in [0.25, 0.3) is 0 Å². The lowest BCUT2D eigenvalue weighted by Crippen LogP contribution is -2.10. The molecule has 0 aliphatic carbocycles.